The van der Waals surface area contributed by atoms with E-state index in [1.165, 1.54) is 12.8 Å². The van der Waals surface area contributed by atoms with Crippen molar-refractivity contribution in [2.75, 3.05) is 26.2 Å². The molecule has 1 atom stereocenters. The van der Waals surface area contributed by atoms with Crippen LogP contribution in [0, 0.1) is 19.3 Å². The Hall–Kier alpha value is -1.36. The van der Waals surface area contributed by atoms with Crippen LogP contribution in [-0.4, -0.2) is 42.0 Å². The number of hydrogen-bond acceptors (Lipinski definition) is 3. The van der Waals surface area contributed by atoms with Crippen molar-refractivity contribution in [3.63, 3.8) is 0 Å². The Morgan fingerprint density at radius 2 is 2.04 bits per heavy atom. The Balaban J connectivity index is 0.00000121. The number of amides is 1. The van der Waals surface area contributed by atoms with Crippen molar-refractivity contribution < 1.29 is 4.79 Å². The number of rotatable bonds is 1. The first-order chi connectivity index (χ1) is 11.6. The number of carbonyl (C=O) groups excluding carboxylic acids is 1. The number of piperidine rings is 1. The molecule has 1 aromatic carbocycles. The molecule has 2 aromatic rings. The van der Waals surface area contributed by atoms with E-state index in [-0.39, 0.29) is 30.7 Å². The maximum atomic E-state index is 13.1. The van der Waals surface area contributed by atoms with Gasteiger partial charge in [0.15, 0.2) is 0 Å². The van der Waals surface area contributed by atoms with E-state index in [9.17, 15) is 4.79 Å². The Morgan fingerprint density at radius 1 is 1.23 bits per heavy atom. The maximum Gasteiger partial charge on any atom is 0.255 e. The van der Waals surface area contributed by atoms with Crippen LogP contribution in [0.1, 0.15) is 40.9 Å². The average Bonchev–Trinajstić information content (AvgIpc) is 2.99. The lowest BCUT2D eigenvalue weighted by Gasteiger charge is -2.33. The number of pyridine rings is 1. The maximum absolute atomic E-state index is 13.1. The van der Waals surface area contributed by atoms with Crippen molar-refractivity contribution in [2.24, 2.45) is 5.41 Å². The number of benzene rings is 1. The number of hydrogen-bond donors (Lipinski definition) is 1. The smallest absolute Gasteiger partial charge is 0.255 e. The van der Waals surface area contributed by atoms with Crippen molar-refractivity contribution in [3.05, 3.63) is 41.1 Å². The highest BCUT2D eigenvalue weighted by atomic mass is 35.5. The van der Waals surface area contributed by atoms with Gasteiger partial charge in [0, 0.05) is 30.4 Å². The molecular formula is C20H27Cl2N3O. The van der Waals surface area contributed by atoms with Crippen LogP contribution in [0.15, 0.2) is 24.3 Å². The van der Waals surface area contributed by atoms with Gasteiger partial charge in [0.25, 0.3) is 5.91 Å². The highest BCUT2D eigenvalue weighted by molar-refractivity contribution is 5.99. The molecule has 1 spiro atoms. The molecule has 0 saturated carbocycles. The molecule has 4 rings (SSSR count). The van der Waals surface area contributed by atoms with Gasteiger partial charge in [0.1, 0.15) is 0 Å². The molecule has 1 aromatic heterocycles. The fourth-order valence-electron chi connectivity index (χ4n) is 4.31. The van der Waals surface area contributed by atoms with Gasteiger partial charge < -0.3 is 10.2 Å². The number of halogens is 2. The number of carbonyl (C=O) groups is 1. The minimum Gasteiger partial charge on any atom is -0.338 e. The number of para-hydroxylation sites is 1. The van der Waals surface area contributed by atoms with Crippen molar-refractivity contribution in [2.45, 2.75) is 33.1 Å². The Bertz CT molecular complexity index is 803. The van der Waals surface area contributed by atoms with Crippen LogP contribution in [0.4, 0.5) is 0 Å². The van der Waals surface area contributed by atoms with E-state index in [0.29, 0.717) is 5.41 Å². The van der Waals surface area contributed by atoms with E-state index < -0.39 is 0 Å². The van der Waals surface area contributed by atoms with E-state index in [2.05, 4.69) is 18.3 Å². The molecule has 2 aliphatic rings. The zero-order valence-corrected chi connectivity index (χ0v) is 17.0. The summed E-state index contributed by atoms with van der Waals surface area (Å²) in [5.41, 5.74) is 4.05. The van der Waals surface area contributed by atoms with E-state index in [4.69, 9.17) is 4.98 Å². The molecule has 4 nitrogen and oxygen atoms in total. The largest absolute Gasteiger partial charge is 0.338 e. The lowest BCUT2D eigenvalue weighted by molar-refractivity contribution is 0.0763. The number of aromatic nitrogens is 1. The van der Waals surface area contributed by atoms with Crippen LogP contribution in [0.5, 0.6) is 0 Å². The summed E-state index contributed by atoms with van der Waals surface area (Å²) >= 11 is 0. The predicted octanol–water partition coefficient (Wildman–Crippen LogP) is 3.91. The molecule has 0 radical (unpaired) electrons. The predicted molar refractivity (Wildman–Crippen MR) is 111 cm³/mol. The molecule has 6 heteroatoms. The third kappa shape index (κ3) is 3.68. The molecule has 1 unspecified atom stereocenters. The lowest BCUT2D eigenvalue weighted by Crippen LogP contribution is -2.42. The second kappa shape index (κ2) is 8.12. The number of likely N-dealkylation sites (tertiary alicyclic amines) is 1. The summed E-state index contributed by atoms with van der Waals surface area (Å²) in [5, 5.41) is 4.56. The number of aryl methyl sites for hydroxylation is 2. The minimum atomic E-state index is 0. The number of fused-ring (bicyclic) bond motifs is 1. The first-order valence-electron chi connectivity index (χ1n) is 8.95. The molecule has 1 amide bonds. The van der Waals surface area contributed by atoms with Crippen molar-refractivity contribution in [3.8, 4) is 0 Å². The van der Waals surface area contributed by atoms with Gasteiger partial charge in [0.2, 0.25) is 0 Å². The van der Waals surface area contributed by atoms with E-state index in [0.717, 1.165) is 60.3 Å². The summed E-state index contributed by atoms with van der Waals surface area (Å²) in [6.45, 7) is 7.92. The fraction of sp³-hybridized carbons (Fsp3) is 0.500. The molecule has 0 bridgehead atoms. The van der Waals surface area contributed by atoms with Gasteiger partial charge in [-0.25, -0.2) is 0 Å². The summed E-state index contributed by atoms with van der Waals surface area (Å²) in [4.78, 5) is 19.8. The number of nitrogens with one attached hydrogen (secondary N) is 1. The highest BCUT2D eigenvalue weighted by Gasteiger charge is 2.41. The van der Waals surface area contributed by atoms with Gasteiger partial charge in [-0.05, 0) is 51.3 Å². The molecule has 1 N–H and O–H groups in total. The van der Waals surface area contributed by atoms with Gasteiger partial charge >= 0.3 is 0 Å². The summed E-state index contributed by atoms with van der Waals surface area (Å²) in [6.07, 6.45) is 3.57. The SMILES string of the molecule is Cc1nc2c(C)cccc2cc1C(=O)N1CCC2(CCCNC2)C1.Cl.Cl. The second-order valence-corrected chi connectivity index (χ2v) is 7.53. The van der Waals surface area contributed by atoms with Crippen molar-refractivity contribution >= 4 is 41.6 Å². The van der Waals surface area contributed by atoms with Crippen LogP contribution in [0.3, 0.4) is 0 Å². The monoisotopic (exact) mass is 395 g/mol. The molecule has 2 aliphatic heterocycles. The van der Waals surface area contributed by atoms with Gasteiger partial charge in [0.05, 0.1) is 16.8 Å². The van der Waals surface area contributed by atoms with Crippen LogP contribution in [0.2, 0.25) is 0 Å². The van der Waals surface area contributed by atoms with Gasteiger partial charge in [-0.3, -0.25) is 9.78 Å². The van der Waals surface area contributed by atoms with Crippen LogP contribution >= 0.6 is 24.8 Å². The van der Waals surface area contributed by atoms with E-state index in [1.54, 1.807) is 0 Å². The first kappa shape index (κ1) is 20.9. The summed E-state index contributed by atoms with van der Waals surface area (Å²) in [7, 11) is 0. The van der Waals surface area contributed by atoms with Crippen LogP contribution in [-0.2, 0) is 0 Å². The second-order valence-electron chi connectivity index (χ2n) is 7.53. The van der Waals surface area contributed by atoms with E-state index in [1.807, 2.05) is 30.0 Å². The fourth-order valence-corrected chi connectivity index (χ4v) is 4.31. The van der Waals surface area contributed by atoms with E-state index >= 15 is 0 Å². The molecule has 142 valence electrons. The minimum absolute atomic E-state index is 0. The van der Waals surface area contributed by atoms with Crippen LogP contribution < -0.4 is 5.32 Å². The third-order valence-corrected chi connectivity index (χ3v) is 5.75. The molecule has 3 heterocycles. The molecule has 2 fully saturated rings. The van der Waals surface area contributed by atoms with Gasteiger partial charge in [-0.15, -0.1) is 24.8 Å². The van der Waals surface area contributed by atoms with Crippen molar-refractivity contribution in [1.82, 2.24) is 15.2 Å². The summed E-state index contributed by atoms with van der Waals surface area (Å²) in [5.74, 6) is 0.144. The average molecular weight is 396 g/mol. The summed E-state index contributed by atoms with van der Waals surface area (Å²) < 4.78 is 0. The molecule has 0 aliphatic carbocycles. The Labute approximate surface area is 167 Å². The lowest BCUT2D eigenvalue weighted by atomic mass is 9.80. The van der Waals surface area contributed by atoms with Gasteiger partial charge in [-0.2, -0.15) is 0 Å². The molecular weight excluding hydrogens is 369 g/mol. The normalized spacial score (nSPS) is 22.2. The Morgan fingerprint density at radius 3 is 2.77 bits per heavy atom. The summed E-state index contributed by atoms with van der Waals surface area (Å²) in [6, 6.07) is 8.16. The van der Waals surface area contributed by atoms with Gasteiger partial charge in [-0.1, -0.05) is 18.2 Å². The quantitative estimate of drug-likeness (QED) is 0.795. The molecule has 26 heavy (non-hydrogen) atoms. The zero-order chi connectivity index (χ0) is 16.7. The molecule has 2 saturated heterocycles. The topological polar surface area (TPSA) is 45.2 Å². The standard InChI is InChI=1S/C20H25N3O.2ClH/c1-14-5-3-6-16-11-17(15(2)22-18(14)16)19(24)23-10-8-20(13-23)7-4-9-21-12-20;;/h3,5-6,11,21H,4,7-10,12-13H2,1-2H3;2*1H. The number of nitrogens with zero attached hydrogens (tertiary/aromatic N) is 2. The van der Waals surface area contributed by atoms with Crippen molar-refractivity contribution in [1.29, 1.82) is 0 Å². The Kier molecular flexibility index (Phi) is 6.54. The first-order valence-corrected chi connectivity index (χ1v) is 8.95. The zero-order valence-electron chi connectivity index (χ0n) is 15.4. The highest BCUT2D eigenvalue weighted by Crippen LogP contribution is 2.37. The third-order valence-electron chi connectivity index (χ3n) is 5.75. The van der Waals surface area contributed by atoms with Crippen LogP contribution in [0.25, 0.3) is 10.9 Å².